The Hall–Kier alpha value is -1.93. The van der Waals surface area contributed by atoms with Crippen LogP contribution >= 0.6 is 0 Å². The molecule has 1 aromatic heterocycles. The Kier molecular flexibility index (Phi) is 3.29. The van der Waals surface area contributed by atoms with Crippen molar-refractivity contribution in [1.29, 1.82) is 0 Å². The maximum atomic E-state index is 11.6. The third-order valence-corrected chi connectivity index (χ3v) is 3.70. The lowest BCUT2D eigenvalue weighted by Gasteiger charge is -2.09. The van der Waals surface area contributed by atoms with E-state index in [1.54, 1.807) is 0 Å². The Bertz CT molecular complexity index is 847. The van der Waals surface area contributed by atoms with Crippen LogP contribution in [0.15, 0.2) is 26.6 Å². The van der Waals surface area contributed by atoms with E-state index in [4.69, 9.17) is 0 Å². The first-order valence-electron chi connectivity index (χ1n) is 5.60. The van der Waals surface area contributed by atoms with Crippen LogP contribution in [-0.4, -0.2) is 22.9 Å². The van der Waals surface area contributed by atoms with E-state index < -0.39 is 21.4 Å². The molecule has 7 nitrogen and oxygen atoms in total. The van der Waals surface area contributed by atoms with Gasteiger partial charge in [0, 0.05) is 0 Å². The number of aryl methyl sites for hydroxylation is 1. The number of benzene rings is 1. The van der Waals surface area contributed by atoms with Crippen molar-refractivity contribution in [2.45, 2.75) is 24.7 Å². The van der Waals surface area contributed by atoms with Crippen LogP contribution in [0.2, 0.25) is 0 Å². The molecular formula is C11H12N2O5S. The van der Waals surface area contributed by atoms with E-state index in [0.29, 0.717) is 12.8 Å². The Morgan fingerprint density at radius 1 is 1.21 bits per heavy atom. The molecule has 0 radical (unpaired) electrons. The normalized spacial score (nSPS) is 11.9. The summed E-state index contributed by atoms with van der Waals surface area (Å²) in [5.74, 6) is 0. The minimum atomic E-state index is -4.41. The van der Waals surface area contributed by atoms with E-state index in [1.807, 2.05) is 6.92 Å². The minimum Gasteiger partial charge on any atom is -0.307 e. The van der Waals surface area contributed by atoms with Gasteiger partial charge in [-0.1, -0.05) is 13.3 Å². The summed E-state index contributed by atoms with van der Waals surface area (Å²) in [6.45, 7) is 1.82. The van der Waals surface area contributed by atoms with Crippen molar-refractivity contribution in [2.75, 3.05) is 0 Å². The Morgan fingerprint density at radius 2 is 1.89 bits per heavy atom. The van der Waals surface area contributed by atoms with Crippen LogP contribution in [0, 0.1) is 0 Å². The van der Waals surface area contributed by atoms with Crippen molar-refractivity contribution in [1.82, 2.24) is 9.97 Å². The molecule has 102 valence electrons. The molecule has 0 saturated carbocycles. The molecule has 0 saturated heterocycles. The number of rotatable bonds is 3. The number of hydrogen-bond donors (Lipinski definition) is 3. The number of hydrogen-bond acceptors (Lipinski definition) is 4. The summed E-state index contributed by atoms with van der Waals surface area (Å²) in [6, 6.07) is 2.42. The summed E-state index contributed by atoms with van der Waals surface area (Å²) in [5, 5.41) is 0.176. The van der Waals surface area contributed by atoms with E-state index >= 15 is 0 Å². The highest BCUT2D eigenvalue weighted by Gasteiger charge is 2.18. The van der Waals surface area contributed by atoms with Gasteiger partial charge in [-0.05, 0) is 24.1 Å². The van der Waals surface area contributed by atoms with Gasteiger partial charge in [0.25, 0.3) is 15.7 Å². The minimum absolute atomic E-state index is 0.144. The van der Waals surface area contributed by atoms with Crippen molar-refractivity contribution in [2.24, 2.45) is 0 Å². The van der Waals surface area contributed by atoms with Gasteiger partial charge in [-0.3, -0.25) is 14.3 Å². The number of fused-ring (bicyclic) bond motifs is 1. The van der Waals surface area contributed by atoms with Crippen molar-refractivity contribution in [3.05, 3.63) is 38.5 Å². The van der Waals surface area contributed by atoms with Crippen LogP contribution < -0.4 is 11.2 Å². The number of aromatic nitrogens is 2. The molecule has 1 heterocycles. The van der Waals surface area contributed by atoms with Crippen LogP contribution in [0.4, 0.5) is 0 Å². The lowest BCUT2D eigenvalue weighted by Crippen LogP contribution is -2.23. The predicted octanol–water partition coefficient (Wildman–Crippen LogP) is 0.416. The molecule has 0 aliphatic rings. The Labute approximate surface area is 108 Å². The second-order valence-corrected chi connectivity index (χ2v) is 5.49. The molecule has 2 aromatic rings. The quantitative estimate of drug-likeness (QED) is 0.705. The molecule has 3 N–H and O–H groups in total. The van der Waals surface area contributed by atoms with E-state index in [2.05, 4.69) is 9.97 Å². The standard InChI is InChI=1S/C11H12N2O5S/c1-2-3-6-8(19(16,17)18)5-4-7-9(6)12-11(15)13-10(7)14/h4-5H,2-3H2,1H3,(H,16,17,18)(H2,12,13,14,15). The fourth-order valence-corrected chi connectivity index (χ4v) is 2.77. The van der Waals surface area contributed by atoms with E-state index in [0.717, 1.165) is 6.07 Å². The predicted molar refractivity (Wildman–Crippen MR) is 69.0 cm³/mol. The Balaban J connectivity index is 3.00. The molecule has 2 rings (SSSR count). The zero-order valence-corrected chi connectivity index (χ0v) is 10.9. The summed E-state index contributed by atoms with van der Waals surface area (Å²) in [5.41, 5.74) is -0.934. The largest absolute Gasteiger partial charge is 0.326 e. The highest BCUT2D eigenvalue weighted by atomic mass is 32.2. The highest BCUT2D eigenvalue weighted by Crippen LogP contribution is 2.23. The van der Waals surface area contributed by atoms with Gasteiger partial charge in [-0.25, -0.2) is 4.79 Å². The average molecular weight is 284 g/mol. The van der Waals surface area contributed by atoms with Crippen molar-refractivity contribution >= 4 is 21.0 Å². The topological polar surface area (TPSA) is 120 Å². The number of nitrogens with one attached hydrogen (secondary N) is 2. The first-order chi connectivity index (χ1) is 8.84. The summed E-state index contributed by atoms with van der Waals surface area (Å²) in [7, 11) is -4.41. The van der Waals surface area contributed by atoms with Crippen molar-refractivity contribution in [3.8, 4) is 0 Å². The van der Waals surface area contributed by atoms with Gasteiger partial charge in [-0.2, -0.15) is 8.42 Å². The zero-order chi connectivity index (χ0) is 14.2. The monoisotopic (exact) mass is 284 g/mol. The van der Waals surface area contributed by atoms with Crippen LogP contribution in [0.3, 0.4) is 0 Å². The summed E-state index contributed by atoms with van der Waals surface area (Å²) in [6.07, 6.45) is 0.905. The highest BCUT2D eigenvalue weighted by molar-refractivity contribution is 7.85. The molecule has 0 atom stereocenters. The second-order valence-electron chi connectivity index (χ2n) is 4.10. The number of H-pyrrole nitrogens is 2. The molecule has 0 bridgehead atoms. The lowest BCUT2D eigenvalue weighted by atomic mass is 10.1. The maximum Gasteiger partial charge on any atom is 0.326 e. The molecular weight excluding hydrogens is 272 g/mol. The van der Waals surface area contributed by atoms with Gasteiger partial charge in [0.2, 0.25) is 0 Å². The Morgan fingerprint density at radius 3 is 2.47 bits per heavy atom. The molecule has 8 heteroatoms. The summed E-state index contributed by atoms with van der Waals surface area (Å²) in [4.78, 5) is 27.1. The van der Waals surface area contributed by atoms with Gasteiger partial charge in [0.15, 0.2) is 0 Å². The molecule has 19 heavy (non-hydrogen) atoms. The number of aromatic amines is 2. The van der Waals surface area contributed by atoms with Crippen LogP contribution in [0.5, 0.6) is 0 Å². The molecule has 0 aliphatic heterocycles. The molecule has 0 fully saturated rings. The lowest BCUT2D eigenvalue weighted by molar-refractivity contribution is 0.482. The van der Waals surface area contributed by atoms with Gasteiger partial charge >= 0.3 is 5.69 Å². The van der Waals surface area contributed by atoms with Gasteiger partial charge in [-0.15, -0.1) is 0 Å². The van der Waals surface area contributed by atoms with Gasteiger partial charge < -0.3 is 4.98 Å². The summed E-state index contributed by atoms with van der Waals surface area (Å²) < 4.78 is 31.8. The first-order valence-corrected chi connectivity index (χ1v) is 7.04. The summed E-state index contributed by atoms with van der Waals surface area (Å²) >= 11 is 0. The zero-order valence-electron chi connectivity index (χ0n) is 10.1. The molecule has 1 aromatic carbocycles. The van der Waals surface area contributed by atoms with E-state index in [1.165, 1.54) is 6.07 Å². The first kappa shape index (κ1) is 13.5. The van der Waals surface area contributed by atoms with Crippen molar-refractivity contribution < 1.29 is 13.0 Å². The third-order valence-electron chi connectivity index (χ3n) is 2.76. The van der Waals surface area contributed by atoms with Gasteiger partial charge in [0.1, 0.15) is 0 Å². The third kappa shape index (κ3) is 2.45. The van der Waals surface area contributed by atoms with Crippen LogP contribution in [0.1, 0.15) is 18.9 Å². The molecule has 0 unspecified atom stereocenters. The van der Waals surface area contributed by atoms with Crippen molar-refractivity contribution in [3.63, 3.8) is 0 Å². The fraction of sp³-hybridized carbons (Fsp3) is 0.273. The molecule has 0 spiro atoms. The fourth-order valence-electron chi connectivity index (χ4n) is 2.02. The SMILES string of the molecule is CCCc1c(S(=O)(=O)O)ccc2c(=O)[nH]c(=O)[nH]c12. The molecule has 0 amide bonds. The van der Waals surface area contributed by atoms with Crippen LogP contribution in [-0.2, 0) is 16.5 Å². The molecule has 0 aliphatic carbocycles. The van der Waals surface area contributed by atoms with Crippen LogP contribution in [0.25, 0.3) is 10.9 Å². The maximum absolute atomic E-state index is 11.6. The average Bonchev–Trinajstić information content (AvgIpc) is 2.28. The van der Waals surface area contributed by atoms with E-state index in [-0.39, 0.29) is 21.4 Å². The smallest absolute Gasteiger partial charge is 0.307 e. The van der Waals surface area contributed by atoms with Gasteiger partial charge in [0.05, 0.1) is 15.8 Å². The van der Waals surface area contributed by atoms with E-state index in [9.17, 15) is 22.6 Å². The second kappa shape index (κ2) is 4.63.